The third kappa shape index (κ3) is 9.61. The molecule has 1 aliphatic heterocycles. The molecule has 0 spiro atoms. The second-order valence-corrected chi connectivity index (χ2v) is 13.7. The average molecular weight is 748 g/mol. The number of primary sulfonamides is 1. The molecule has 0 saturated carbocycles. The number of nitrogens with zero attached hydrogens (tertiary/aromatic N) is 1. The highest BCUT2D eigenvalue weighted by Gasteiger charge is 2.49. The maximum absolute atomic E-state index is 13.8. The Labute approximate surface area is 288 Å². The summed E-state index contributed by atoms with van der Waals surface area (Å²) in [6.45, 7) is 2.01. The zero-order chi connectivity index (χ0) is 35.9. The first-order valence-electron chi connectivity index (χ1n) is 14.4. The smallest absolute Gasteiger partial charge is 0.413 e. The number of furan rings is 1. The molecule has 1 fully saturated rings. The fourth-order valence-corrected chi connectivity index (χ4v) is 6.51. The van der Waals surface area contributed by atoms with Crippen LogP contribution < -0.4 is 10.5 Å². The molecular formula is C30H32ClF2N3O11S2. The van der Waals surface area contributed by atoms with E-state index in [1.807, 2.05) is 0 Å². The molecule has 4 rings (SSSR count). The van der Waals surface area contributed by atoms with Crippen molar-refractivity contribution in [2.24, 2.45) is 5.14 Å². The molecule has 1 aromatic heterocycles. The van der Waals surface area contributed by atoms with Crippen molar-refractivity contribution in [3.63, 3.8) is 0 Å². The van der Waals surface area contributed by atoms with E-state index in [-0.39, 0.29) is 53.1 Å². The van der Waals surface area contributed by atoms with Gasteiger partial charge in [-0.25, -0.2) is 31.9 Å². The molecule has 0 bridgehead atoms. The van der Waals surface area contributed by atoms with Gasteiger partial charge in [0.1, 0.15) is 28.9 Å². The molecule has 19 heteroatoms. The third-order valence-corrected chi connectivity index (χ3v) is 9.48. The Kier molecular flexibility index (Phi) is 12.5. The Morgan fingerprint density at radius 3 is 2.51 bits per heavy atom. The van der Waals surface area contributed by atoms with Crippen LogP contribution in [0, 0.1) is 11.6 Å². The first kappa shape index (κ1) is 37.9. The Balaban J connectivity index is 1.23. The van der Waals surface area contributed by atoms with E-state index in [0.29, 0.717) is 11.8 Å². The summed E-state index contributed by atoms with van der Waals surface area (Å²) < 4.78 is 77.5. The lowest BCUT2D eigenvalue weighted by molar-refractivity contribution is -0.280. The van der Waals surface area contributed by atoms with Crippen LogP contribution in [0.5, 0.6) is 0 Å². The molecule has 0 aliphatic carbocycles. The molecule has 3 aromatic rings. The largest absolute Gasteiger partial charge is 0.467 e. The lowest BCUT2D eigenvalue weighted by Gasteiger charge is -2.47. The van der Waals surface area contributed by atoms with Crippen molar-refractivity contribution in [2.45, 2.75) is 43.2 Å². The van der Waals surface area contributed by atoms with Gasteiger partial charge in [0.25, 0.3) is 0 Å². The van der Waals surface area contributed by atoms with Crippen molar-refractivity contribution >= 4 is 57.1 Å². The molecule has 3 atom stereocenters. The second kappa shape index (κ2) is 16.2. The van der Waals surface area contributed by atoms with Gasteiger partial charge >= 0.3 is 18.0 Å². The Morgan fingerprint density at radius 2 is 1.86 bits per heavy atom. The van der Waals surface area contributed by atoms with Crippen molar-refractivity contribution in [1.82, 2.24) is 4.90 Å². The van der Waals surface area contributed by atoms with Gasteiger partial charge in [-0.15, -0.1) is 11.8 Å². The van der Waals surface area contributed by atoms with Crippen LogP contribution in [0.15, 0.2) is 58.0 Å². The Morgan fingerprint density at radius 1 is 1.14 bits per heavy atom. The van der Waals surface area contributed by atoms with Gasteiger partial charge < -0.3 is 33.8 Å². The molecule has 0 radical (unpaired) electrons. The van der Waals surface area contributed by atoms with Crippen LogP contribution in [0.25, 0.3) is 0 Å². The topological polar surface area (TPSA) is 197 Å². The van der Waals surface area contributed by atoms with Crippen LogP contribution in [-0.4, -0.2) is 80.1 Å². The summed E-state index contributed by atoms with van der Waals surface area (Å²) in [5, 5.41) is 19.1. The maximum Gasteiger partial charge on any atom is 0.413 e. The molecule has 1 saturated heterocycles. The van der Waals surface area contributed by atoms with E-state index >= 15 is 0 Å². The Bertz CT molecular complexity index is 1760. The molecule has 14 nitrogen and oxygen atoms in total. The minimum absolute atomic E-state index is 0.132. The fourth-order valence-electron chi connectivity index (χ4n) is 4.81. The van der Waals surface area contributed by atoms with Crippen LogP contribution in [0.3, 0.4) is 0 Å². The monoisotopic (exact) mass is 747 g/mol. The second-order valence-electron chi connectivity index (χ2n) is 10.6. The predicted octanol–water partition coefficient (Wildman–Crippen LogP) is 3.95. The highest BCUT2D eigenvalue weighted by molar-refractivity contribution is 7.99. The van der Waals surface area contributed by atoms with Gasteiger partial charge in [-0.3, -0.25) is 9.69 Å². The number of benzene rings is 2. The number of esters is 2. The minimum Gasteiger partial charge on any atom is -0.467 e. The van der Waals surface area contributed by atoms with Gasteiger partial charge in [-0.05, 0) is 50.2 Å². The van der Waals surface area contributed by atoms with E-state index in [0.717, 1.165) is 34.9 Å². The maximum atomic E-state index is 13.8. The number of hydrogen-bond acceptors (Lipinski definition) is 13. The highest BCUT2D eigenvalue weighted by Crippen LogP contribution is 2.36. The summed E-state index contributed by atoms with van der Waals surface area (Å²) in [5.41, 5.74) is -0.227. The number of rotatable bonds is 13. The molecule has 1 aliphatic rings. The summed E-state index contributed by atoms with van der Waals surface area (Å²) in [4.78, 5) is 38.5. The van der Waals surface area contributed by atoms with Crippen LogP contribution in [0.2, 0.25) is 5.02 Å². The summed E-state index contributed by atoms with van der Waals surface area (Å²) in [6.07, 6.45) is 0.481. The molecule has 2 unspecified atom stereocenters. The molecule has 2 aromatic carbocycles. The van der Waals surface area contributed by atoms with Gasteiger partial charge in [0.05, 0.1) is 53.5 Å². The Hall–Kier alpha value is -3.94. The quantitative estimate of drug-likeness (QED) is 0.129. The van der Waals surface area contributed by atoms with E-state index < -0.39 is 69.2 Å². The number of carbonyl (C=O) groups excluding carboxylic acids is 3. The number of nitrogens with one attached hydrogen (secondary N) is 1. The SMILES string of the molecule is CC1N(C(=O)OCOC(=O)CSCCOC(=O)c2cc(S(N)(=O)=O)c(Cl)cc2NCc2ccco2)[C@H](C)COC1(O)c1cc(F)cc(F)c1. The molecule has 4 N–H and O–H groups in total. The van der Waals surface area contributed by atoms with Crippen molar-refractivity contribution in [3.05, 3.63) is 82.3 Å². The number of anilines is 1. The summed E-state index contributed by atoms with van der Waals surface area (Å²) >= 11 is 7.12. The van der Waals surface area contributed by atoms with Crippen LogP contribution in [-0.2, 0) is 46.1 Å². The zero-order valence-corrected chi connectivity index (χ0v) is 28.4. The lowest BCUT2D eigenvalue weighted by atomic mass is 9.94. The fraction of sp³-hybridized carbons (Fsp3) is 0.367. The van der Waals surface area contributed by atoms with E-state index in [9.17, 15) is 36.7 Å². The van der Waals surface area contributed by atoms with Gasteiger partial charge in [0.2, 0.25) is 22.6 Å². The highest BCUT2D eigenvalue weighted by atomic mass is 35.5. The summed E-state index contributed by atoms with van der Waals surface area (Å²) in [6, 6.07) is 6.21. The standard InChI is InChI=1S/C30H32ClF2N3O11S2/c1-17-14-47-30(40,19-8-20(32)10-21(33)9-19)18(2)36(17)29(39)46-16-45-27(37)15-48-7-6-44-28(38)23-11-26(49(34,41)42)24(31)12-25(23)35-13-22-4-3-5-43-22/h3-5,8-12,17-18,35,40H,6-7,13-16H2,1-2H3,(H2,34,41,42)/t17-,18?,30?/m1/s1. The molecular weight excluding hydrogens is 716 g/mol. The van der Waals surface area contributed by atoms with Gasteiger partial charge in [0.15, 0.2) is 0 Å². The summed E-state index contributed by atoms with van der Waals surface area (Å²) in [5.74, 6) is -5.35. The normalized spacial score (nSPS) is 19.3. The number of thioether (sulfide) groups is 1. The number of morpholine rings is 1. The van der Waals surface area contributed by atoms with Crippen LogP contribution in [0.1, 0.15) is 35.5 Å². The van der Waals surface area contributed by atoms with E-state index in [2.05, 4.69) is 5.32 Å². The lowest BCUT2D eigenvalue weighted by Crippen LogP contribution is -2.62. The van der Waals surface area contributed by atoms with E-state index in [1.165, 1.54) is 19.3 Å². The number of hydrogen-bond donors (Lipinski definition) is 3. The van der Waals surface area contributed by atoms with Crippen molar-refractivity contribution in [3.8, 4) is 0 Å². The van der Waals surface area contributed by atoms with Gasteiger partial charge in [0, 0.05) is 17.4 Å². The number of ether oxygens (including phenoxy) is 4. The molecule has 49 heavy (non-hydrogen) atoms. The number of halogens is 3. The van der Waals surface area contributed by atoms with Crippen molar-refractivity contribution in [1.29, 1.82) is 0 Å². The van der Waals surface area contributed by atoms with Crippen molar-refractivity contribution in [2.75, 3.05) is 36.8 Å². The van der Waals surface area contributed by atoms with Crippen molar-refractivity contribution < 1.29 is 60.1 Å². The van der Waals surface area contributed by atoms with Crippen LogP contribution in [0.4, 0.5) is 19.3 Å². The minimum atomic E-state index is -4.27. The summed E-state index contributed by atoms with van der Waals surface area (Å²) in [7, 11) is -4.27. The third-order valence-electron chi connectivity index (χ3n) is 7.20. The van der Waals surface area contributed by atoms with Crippen LogP contribution >= 0.6 is 23.4 Å². The van der Waals surface area contributed by atoms with E-state index in [1.54, 1.807) is 19.1 Å². The van der Waals surface area contributed by atoms with E-state index in [4.69, 9.17) is 40.1 Å². The number of amides is 1. The number of carbonyl (C=O) groups is 3. The number of aliphatic hydroxyl groups is 1. The number of nitrogens with two attached hydrogens (primary N) is 1. The van der Waals surface area contributed by atoms with Gasteiger partial charge in [-0.1, -0.05) is 11.6 Å². The number of sulfonamides is 1. The van der Waals surface area contributed by atoms with Gasteiger partial charge in [-0.2, -0.15) is 0 Å². The predicted molar refractivity (Wildman–Crippen MR) is 171 cm³/mol. The molecule has 2 heterocycles. The first-order valence-corrected chi connectivity index (χ1v) is 17.5. The molecule has 266 valence electrons. The zero-order valence-electron chi connectivity index (χ0n) is 26.0. The average Bonchev–Trinajstić information content (AvgIpc) is 3.54. The molecule has 1 amide bonds. The first-order chi connectivity index (χ1) is 23.1.